The summed E-state index contributed by atoms with van der Waals surface area (Å²) < 4.78 is 7.03. The van der Waals surface area contributed by atoms with E-state index in [0.717, 1.165) is 41.5 Å². The first-order valence-electron chi connectivity index (χ1n) is 7.10. The smallest absolute Gasteiger partial charge is 0.130 e. The molecule has 21 heavy (non-hydrogen) atoms. The Bertz CT molecular complexity index is 594. The van der Waals surface area contributed by atoms with Crippen molar-refractivity contribution in [2.24, 2.45) is 7.05 Å². The second-order valence-corrected chi connectivity index (χ2v) is 6.38. The lowest BCUT2D eigenvalue weighted by atomic mass is 10.1. The molecule has 0 spiro atoms. The van der Waals surface area contributed by atoms with E-state index in [1.165, 1.54) is 4.88 Å². The van der Waals surface area contributed by atoms with Crippen LogP contribution in [0.2, 0.25) is 5.15 Å². The summed E-state index contributed by atoms with van der Waals surface area (Å²) in [6.07, 6.45) is 1.93. The lowest BCUT2D eigenvalue weighted by molar-refractivity contribution is 0.415. The summed E-state index contributed by atoms with van der Waals surface area (Å²) in [6, 6.07) is 2.33. The third-order valence-electron chi connectivity index (χ3n) is 3.49. The molecule has 2 rings (SSSR count). The van der Waals surface area contributed by atoms with E-state index in [9.17, 15) is 0 Å². The molecule has 0 aliphatic carbocycles. The first-order chi connectivity index (χ1) is 10.1. The van der Waals surface area contributed by atoms with Gasteiger partial charge in [-0.1, -0.05) is 18.5 Å². The van der Waals surface area contributed by atoms with Gasteiger partial charge >= 0.3 is 0 Å². The van der Waals surface area contributed by atoms with Gasteiger partial charge in [-0.25, -0.2) is 0 Å². The summed E-state index contributed by atoms with van der Waals surface area (Å²) in [5.74, 6) is 0.910. The number of hydrogen-bond acceptors (Lipinski definition) is 4. The van der Waals surface area contributed by atoms with E-state index in [2.05, 4.69) is 23.4 Å². The lowest BCUT2D eigenvalue weighted by Gasteiger charge is -2.17. The quantitative estimate of drug-likeness (QED) is 0.842. The van der Waals surface area contributed by atoms with Gasteiger partial charge in [0, 0.05) is 28.9 Å². The Morgan fingerprint density at radius 2 is 2.29 bits per heavy atom. The highest BCUT2D eigenvalue weighted by atomic mass is 35.5. The summed E-state index contributed by atoms with van der Waals surface area (Å²) in [5.41, 5.74) is 2.11. The van der Waals surface area contributed by atoms with Gasteiger partial charge in [0.1, 0.15) is 10.9 Å². The maximum Gasteiger partial charge on any atom is 0.130 e. The van der Waals surface area contributed by atoms with Crippen LogP contribution in [0.4, 0.5) is 0 Å². The van der Waals surface area contributed by atoms with Crippen LogP contribution in [0.1, 0.15) is 35.5 Å². The molecule has 0 saturated carbocycles. The van der Waals surface area contributed by atoms with Crippen LogP contribution in [0.5, 0.6) is 5.75 Å². The van der Waals surface area contributed by atoms with Crippen LogP contribution >= 0.6 is 22.9 Å². The molecule has 0 aromatic carbocycles. The van der Waals surface area contributed by atoms with Crippen molar-refractivity contribution in [3.63, 3.8) is 0 Å². The normalized spacial score (nSPS) is 12.6. The molecule has 0 aliphatic heterocycles. The number of nitrogens with zero attached hydrogens (tertiary/aromatic N) is 2. The molecule has 2 aromatic heterocycles. The Balaban J connectivity index is 2.23. The van der Waals surface area contributed by atoms with Gasteiger partial charge in [-0.05, 0) is 32.4 Å². The minimum absolute atomic E-state index is 0.235. The van der Waals surface area contributed by atoms with Gasteiger partial charge in [0.25, 0.3) is 0 Å². The third-order valence-corrected chi connectivity index (χ3v) is 4.99. The van der Waals surface area contributed by atoms with Crippen LogP contribution < -0.4 is 10.1 Å². The number of halogens is 1. The van der Waals surface area contributed by atoms with Gasteiger partial charge < -0.3 is 10.1 Å². The van der Waals surface area contributed by atoms with Crippen molar-refractivity contribution >= 4 is 22.9 Å². The summed E-state index contributed by atoms with van der Waals surface area (Å²) in [6.45, 7) is 5.15. The number of aryl methyl sites for hydroxylation is 2. The average Bonchev–Trinajstić information content (AvgIpc) is 3.03. The number of rotatable bonds is 7. The van der Waals surface area contributed by atoms with Gasteiger partial charge in [0.2, 0.25) is 0 Å². The summed E-state index contributed by atoms with van der Waals surface area (Å²) in [7, 11) is 3.57. The Labute approximate surface area is 135 Å². The molecule has 2 aromatic rings. The Kier molecular flexibility index (Phi) is 5.67. The Morgan fingerprint density at radius 1 is 1.52 bits per heavy atom. The Hall–Kier alpha value is -1.04. The fraction of sp³-hybridized carbons (Fsp3) is 0.533. The zero-order valence-corrected chi connectivity index (χ0v) is 14.5. The van der Waals surface area contributed by atoms with Crippen molar-refractivity contribution in [1.82, 2.24) is 15.1 Å². The molecule has 0 aliphatic rings. The molecule has 0 fully saturated rings. The molecule has 1 N–H and O–H groups in total. The second-order valence-electron chi connectivity index (χ2n) is 5.08. The van der Waals surface area contributed by atoms with E-state index < -0.39 is 0 Å². The minimum Gasteiger partial charge on any atom is -0.496 e. The van der Waals surface area contributed by atoms with Crippen LogP contribution in [-0.2, 0) is 13.5 Å². The number of methoxy groups -OCH3 is 1. The number of thiophene rings is 1. The predicted octanol–water partition coefficient (Wildman–Crippen LogP) is 3.74. The molecule has 0 amide bonds. The van der Waals surface area contributed by atoms with Crippen LogP contribution in [0.3, 0.4) is 0 Å². The maximum atomic E-state index is 6.36. The Morgan fingerprint density at radius 3 is 2.81 bits per heavy atom. The van der Waals surface area contributed by atoms with Crippen molar-refractivity contribution in [2.75, 3.05) is 13.7 Å². The molecule has 2 heterocycles. The van der Waals surface area contributed by atoms with E-state index in [-0.39, 0.29) is 6.04 Å². The van der Waals surface area contributed by atoms with E-state index >= 15 is 0 Å². The fourth-order valence-electron chi connectivity index (χ4n) is 2.33. The van der Waals surface area contributed by atoms with Crippen molar-refractivity contribution in [2.45, 2.75) is 32.7 Å². The highest BCUT2D eigenvalue weighted by Gasteiger charge is 2.19. The average molecular weight is 328 g/mol. The predicted molar refractivity (Wildman–Crippen MR) is 88.6 cm³/mol. The molecule has 1 atom stereocenters. The van der Waals surface area contributed by atoms with Gasteiger partial charge in [-0.15, -0.1) is 11.3 Å². The number of aromatic nitrogens is 2. The summed E-state index contributed by atoms with van der Waals surface area (Å²) >= 11 is 8.08. The molecule has 4 nitrogen and oxygen atoms in total. The van der Waals surface area contributed by atoms with Gasteiger partial charge in [-0.3, -0.25) is 4.68 Å². The molecule has 1 unspecified atom stereocenters. The van der Waals surface area contributed by atoms with Gasteiger partial charge in [-0.2, -0.15) is 5.10 Å². The van der Waals surface area contributed by atoms with Crippen molar-refractivity contribution in [1.29, 1.82) is 0 Å². The standard InChI is InChI=1S/C15H22ClN3OS/c1-5-6-17-13(14-7-11(20-4)9-21-14)8-12-10(2)18-19(3)15(12)16/h7,9,13,17H,5-6,8H2,1-4H3. The van der Waals surface area contributed by atoms with E-state index in [1.54, 1.807) is 23.1 Å². The maximum absolute atomic E-state index is 6.36. The fourth-order valence-corrected chi connectivity index (χ4v) is 3.51. The van der Waals surface area contributed by atoms with Crippen LogP contribution in [-0.4, -0.2) is 23.4 Å². The topological polar surface area (TPSA) is 39.1 Å². The molecular weight excluding hydrogens is 306 g/mol. The van der Waals surface area contributed by atoms with E-state index in [1.807, 2.05) is 19.4 Å². The first kappa shape index (κ1) is 16.3. The van der Waals surface area contributed by atoms with Crippen LogP contribution in [0.15, 0.2) is 11.4 Å². The lowest BCUT2D eigenvalue weighted by Crippen LogP contribution is -2.23. The second kappa shape index (κ2) is 7.29. The van der Waals surface area contributed by atoms with E-state index in [4.69, 9.17) is 16.3 Å². The summed E-state index contributed by atoms with van der Waals surface area (Å²) in [4.78, 5) is 1.26. The monoisotopic (exact) mass is 327 g/mol. The van der Waals surface area contributed by atoms with Crippen molar-refractivity contribution in [3.8, 4) is 5.75 Å². The largest absolute Gasteiger partial charge is 0.496 e. The van der Waals surface area contributed by atoms with Gasteiger partial charge in [0.05, 0.1) is 12.8 Å². The minimum atomic E-state index is 0.235. The molecular formula is C15H22ClN3OS. The molecule has 0 bridgehead atoms. The molecule has 116 valence electrons. The molecule has 0 saturated heterocycles. The summed E-state index contributed by atoms with van der Waals surface area (Å²) in [5, 5.41) is 10.7. The molecule has 0 radical (unpaired) electrons. The van der Waals surface area contributed by atoms with Crippen LogP contribution in [0, 0.1) is 6.92 Å². The number of ether oxygens (including phenoxy) is 1. The highest BCUT2D eigenvalue weighted by Crippen LogP contribution is 2.31. The zero-order valence-electron chi connectivity index (χ0n) is 12.9. The van der Waals surface area contributed by atoms with Gasteiger partial charge in [0.15, 0.2) is 0 Å². The number of hydrogen-bond donors (Lipinski definition) is 1. The zero-order chi connectivity index (χ0) is 15.4. The molecule has 6 heteroatoms. The highest BCUT2D eigenvalue weighted by molar-refractivity contribution is 7.10. The van der Waals surface area contributed by atoms with Crippen LogP contribution in [0.25, 0.3) is 0 Å². The van der Waals surface area contributed by atoms with E-state index in [0.29, 0.717) is 0 Å². The SMILES string of the molecule is CCCNC(Cc1c(C)nn(C)c1Cl)c1cc(OC)cs1. The van der Waals surface area contributed by atoms with Crippen molar-refractivity contribution in [3.05, 3.63) is 32.7 Å². The third kappa shape index (κ3) is 3.78. The van der Waals surface area contributed by atoms with Crippen molar-refractivity contribution < 1.29 is 4.74 Å². The number of nitrogens with one attached hydrogen (secondary N) is 1. The first-order valence-corrected chi connectivity index (χ1v) is 8.36.